The fourth-order valence-corrected chi connectivity index (χ4v) is 7.66. The molecule has 2 heterocycles. The smallest absolute Gasteiger partial charge is 0.325 e. The van der Waals surface area contributed by atoms with Gasteiger partial charge >= 0.3 is 12.2 Å². The van der Waals surface area contributed by atoms with Crippen molar-refractivity contribution in [2.75, 3.05) is 11.5 Å². The number of amides is 4. The molecule has 4 amide bonds. The van der Waals surface area contributed by atoms with Crippen molar-refractivity contribution in [3.63, 3.8) is 0 Å². The molecule has 2 saturated heterocycles. The highest BCUT2D eigenvalue weighted by Crippen LogP contribution is 2.33. The van der Waals surface area contributed by atoms with Gasteiger partial charge in [0.05, 0.1) is 12.1 Å². The Balaban J connectivity index is 1.31. The Bertz CT molecular complexity index is 1280. The fourth-order valence-electron chi connectivity index (χ4n) is 5.08. The highest BCUT2D eigenvalue weighted by molar-refractivity contribution is 8.00. The maximum absolute atomic E-state index is 13.4. The standard InChI is InChI=1S/C30H36N6O4S2/c31-32-16-25(37)23(18-41-17-21-11-5-2-6-12-21)34-29(39)22(15-20-9-3-1-4-10-20)33-27(38)14-8-7-13-26-28-24(19-42-26)35-30(40)36-28/h1-6,9-12,16,22-24,26,28H,7-8,13-15,17-19H2,(H,33,38)(H,34,39)(H2,35,36,40)/t22-,23-,24+,26+,28+/m1/s1. The highest BCUT2D eigenvalue weighted by atomic mass is 32.2. The molecule has 0 aromatic heterocycles. The molecule has 0 bridgehead atoms. The zero-order valence-corrected chi connectivity index (χ0v) is 24.9. The quantitative estimate of drug-likeness (QED) is 0.0756. The average Bonchev–Trinajstić information content (AvgIpc) is 3.54. The molecule has 5 atom stereocenters. The number of carbonyl (C=O) groups excluding carboxylic acids is 4. The van der Waals surface area contributed by atoms with E-state index < -0.39 is 23.8 Å². The van der Waals surface area contributed by atoms with Crippen molar-refractivity contribution in [3.8, 4) is 0 Å². The Morgan fingerprint density at radius 1 is 1.00 bits per heavy atom. The first-order chi connectivity index (χ1) is 20.4. The van der Waals surface area contributed by atoms with E-state index in [2.05, 4.69) is 26.1 Å². The van der Waals surface area contributed by atoms with E-state index in [0.717, 1.165) is 35.9 Å². The van der Waals surface area contributed by atoms with Crippen molar-refractivity contribution in [1.82, 2.24) is 21.3 Å². The lowest BCUT2D eigenvalue weighted by Crippen LogP contribution is -2.53. The Labute approximate surface area is 254 Å². The molecule has 0 saturated carbocycles. The summed E-state index contributed by atoms with van der Waals surface area (Å²) in [6.07, 6.45) is 3.70. The van der Waals surface area contributed by atoms with Crippen LogP contribution in [0, 0.1) is 0 Å². The molecule has 2 aliphatic heterocycles. The van der Waals surface area contributed by atoms with Crippen LogP contribution in [0.3, 0.4) is 0 Å². The minimum absolute atomic E-state index is 0.111. The van der Waals surface area contributed by atoms with E-state index >= 15 is 0 Å². The lowest BCUT2D eigenvalue weighted by atomic mass is 10.0. The predicted molar refractivity (Wildman–Crippen MR) is 165 cm³/mol. The second-order valence-electron chi connectivity index (χ2n) is 10.4. The maximum atomic E-state index is 13.4. The number of Topliss-reactive ketones (excluding diaryl/α,β-unsaturated/α-hetero) is 1. The van der Waals surface area contributed by atoms with E-state index in [1.807, 2.05) is 72.4 Å². The Hall–Kier alpha value is -3.60. The Kier molecular flexibility index (Phi) is 12.0. The van der Waals surface area contributed by atoms with Gasteiger partial charge in [0, 0.05) is 35.4 Å². The van der Waals surface area contributed by atoms with E-state index in [0.29, 0.717) is 17.4 Å². The number of rotatable bonds is 16. The number of nitrogens with zero attached hydrogens (tertiary/aromatic N) is 2. The van der Waals surface area contributed by atoms with Crippen LogP contribution in [0.4, 0.5) is 4.79 Å². The summed E-state index contributed by atoms with van der Waals surface area (Å²) >= 11 is 3.32. The molecule has 0 aliphatic carbocycles. The molecule has 42 heavy (non-hydrogen) atoms. The molecule has 2 fully saturated rings. The van der Waals surface area contributed by atoms with Gasteiger partial charge in [-0.2, -0.15) is 28.3 Å². The molecule has 222 valence electrons. The lowest BCUT2D eigenvalue weighted by Gasteiger charge is -2.22. The molecule has 12 heteroatoms. The normalized spacial score (nSPS) is 20.3. The van der Waals surface area contributed by atoms with Gasteiger partial charge in [0.15, 0.2) is 0 Å². The summed E-state index contributed by atoms with van der Waals surface area (Å²) in [7, 11) is 0. The molecule has 2 aromatic carbocycles. The third kappa shape index (κ3) is 9.47. The van der Waals surface area contributed by atoms with Crippen LogP contribution in [0.5, 0.6) is 0 Å². The van der Waals surface area contributed by atoms with Gasteiger partial charge in [-0.1, -0.05) is 67.1 Å². The van der Waals surface area contributed by atoms with Gasteiger partial charge in [0.25, 0.3) is 5.78 Å². The Morgan fingerprint density at radius 3 is 2.43 bits per heavy atom. The summed E-state index contributed by atoms with van der Waals surface area (Å²) in [6, 6.07) is 17.5. The molecule has 0 unspecified atom stereocenters. The molecule has 2 aromatic rings. The summed E-state index contributed by atoms with van der Waals surface area (Å²) in [6.45, 7) is 0. The third-order valence-electron chi connectivity index (χ3n) is 7.26. The molecule has 2 aliphatic rings. The molecular weight excluding hydrogens is 573 g/mol. The van der Waals surface area contributed by atoms with Gasteiger partial charge in [-0.3, -0.25) is 14.4 Å². The first kappa shape index (κ1) is 31.3. The van der Waals surface area contributed by atoms with Crippen LogP contribution >= 0.6 is 23.5 Å². The number of benzene rings is 2. The Morgan fingerprint density at radius 2 is 1.71 bits per heavy atom. The molecule has 10 nitrogen and oxygen atoms in total. The monoisotopic (exact) mass is 608 g/mol. The second-order valence-corrected chi connectivity index (χ2v) is 12.7. The van der Waals surface area contributed by atoms with Gasteiger partial charge in [0.1, 0.15) is 12.1 Å². The fraction of sp³-hybridized carbons (Fsp3) is 0.433. The van der Waals surface area contributed by atoms with Crippen molar-refractivity contribution in [3.05, 3.63) is 77.3 Å². The van der Waals surface area contributed by atoms with Gasteiger partial charge in [-0.25, -0.2) is 4.79 Å². The van der Waals surface area contributed by atoms with E-state index in [4.69, 9.17) is 5.53 Å². The minimum Gasteiger partial charge on any atom is -0.361 e. The number of thioether (sulfide) groups is 2. The first-order valence-electron chi connectivity index (χ1n) is 14.1. The third-order valence-corrected chi connectivity index (χ3v) is 9.87. The van der Waals surface area contributed by atoms with Gasteiger partial charge in [0.2, 0.25) is 11.8 Å². The summed E-state index contributed by atoms with van der Waals surface area (Å²) < 4.78 is 0. The van der Waals surface area contributed by atoms with Crippen molar-refractivity contribution >= 4 is 53.4 Å². The van der Waals surface area contributed by atoms with Crippen LogP contribution in [0.2, 0.25) is 0 Å². The average molecular weight is 609 g/mol. The summed E-state index contributed by atoms with van der Waals surface area (Å²) in [5.74, 6) is 0.562. The van der Waals surface area contributed by atoms with E-state index in [1.54, 1.807) is 0 Å². The second kappa shape index (κ2) is 16.1. The molecule has 0 radical (unpaired) electrons. The highest BCUT2D eigenvalue weighted by Gasteiger charge is 2.42. The van der Waals surface area contributed by atoms with E-state index in [-0.39, 0.29) is 42.6 Å². The van der Waals surface area contributed by atoms with Crippen LogP contribution in [0.25, 0.3) is 5.53 Å². The van der Waals surface area contributed by atoms with Crippen molar-refractivity contribution in [1.29, 1.82) is 0 Å². The number of fused-ring (bicyclic) bond motifs is 1. The van der Waals surface area contributed by atoms with Crippen molar-refractivity contribution in [2.24, 2.45) is 0 Å². The van der Waals surface area contributed by atoms with Crippen LogP contribution in [0.1, 0.15) is 36.8 Å². The van der Waals surface area contributed by atoms with Crippen molar-refractivity contribution in [2.45, 2.75) is 67.3 Å². The summed E-state index contributed by atoms with van der Waals surface area (Å²) in [4.78, 5) is 53.5. The lowest BCUT2D eigenvalue weighted by molar-refractivity contribution is -0.130. The summed E-state index contributed by atoms with van der Waals surface area (Å²) in [5, 5.41) is 11.9. The van der Waals surface area contributed by atoms with E-state index in [9.17, 15) is 19.2 Å². The molecular formula is C30H36N6O4S2. The molecule has 4 N–H and O–H groups in total. The number of hydrogen-bond acceptors (Lipinski definition) is 6. The number of nitrogens with one attached hydrogen (secondary N) is 4. The summed E-state index contributed by atoms with van der Waals surface area (Å²) in [5.41, 5.74) is 10.9. The van der Waals surface area contributed by atoms with Crippen molar-refractivity contribution < 1.29 is 24.0 Å². The van der Waals surface area contributed by atoms with E-state index in [1.165, 1.54) is 11.8 Å². The van der Waals surface area contributed by atoms with Crippen LogP contribution in [-0.4, -0.2) is 75.6 Å². The SMILES string of the molecule is [N-]=[N+]=CC(=O)[C@@H](CSCc1ccccc1)NC(=O)[C@@H](Cc1ccccc1)NC(=O)CCCC[C@@H]1SC[C@@H]2NC(=O)N[C@@H]21. The van der Waals surface area contributed by atoms with Gasteiger partial charge in [-0.15, -0.1) is 0 Å². The topological polar surface area (TPSA) is 153 Å². The number of hydrogen-bond donors (Lipinski definition) is 4. The molecule has 0 spiro atoms. The van der Waals surface area contributed by atoms with Crippen LogP contribution < -0.4 is 21.3 Å². The zero-order chi connectivity index (χ0) is 29.7. The molecule has 4 rings (SSSR count). The van der Waals surface area contributed by atoms with Gasteiger partial charge < -0.3 is 26.8 Å². The largest absolute Gasteiger partial charge is 0.361 e. The van der Waals surface area contributed by atoms with Crippen LogP contribution in [-0.2, 0) is 26.6 Å². The zero-order valence-electron chi connectivity index (χ0n) is 23.2. The number of unbranched alkanes of at least 4 members (excludes halogenated alkanes) is 1. The number of urea groups is 1. The van der Waals surface area contributed by atoms with Crippen LogP contribution in [0.15, 0.2) is 60.7 Å². The minimum atomic E-state index is -0.921. The number of carbonyl (C=O) groups is 4. The first-order valence-corrected chi connectivity index (χ1v) is 16.3. The number of ketones is 1. The maximum Gasteiger partial charge on any atom is 0.325 e. The predicted octanol–water partition coefficient (Wildman–Crippen LogP) is 2.73. The van der Waals surface area contributed by atoms with Gasteiger partial charge in [-0.05, 0) is 24.0 Å².